The number of hydrogen-bond acceptors (Lipinski definition) is 9. The van der Waals surface area contributed by atoms with Gasteiger partial charge < -0.3 is 24.6 Å². The lowest BCUT2D eigenvalue weighted by Crippen LogP contribution is -2.52. The molecule has 10 nitrogen and oxygen atoms in total. The van der Waals surface area contributed by atoms with E-state index in [1.807, 2.05) is 6.92 Å². The molecule has 0 aromatic carbocycles. The number of rotatable bonds is 8. The summed E-state index contributed by atoms with van der Waals surface area (Å²) >= 11 is 0. The minimum Gasteiger partial charge on any atom is -0.488 e. The zero-order chi connectivity index (χ0) is 22.4. The van der Waals surface area contributed by atoms with Gasteiger partial charge in [0.2, 0.25) is 0 Å². The number of carbonyl (C=O) groups is 1. The SMILES string of the molecule is CCOc1cccnc1Oc1cncc(-c2ncc(C(=O)N[C@]3(CO)CCOC3)cn2)c1. The highest BCUT2D eigenvalue weighted by Crippen LogP contribution is 2.30. The maximum atomic E-state index is 12.5. The van der Waals surface area contributed by atoms with Crippen molar-refractivity contribution >= 4 is 5.91 Å². The van der Waals surface area contributed by atoms with Crippen LogP contribution in [0.2, 0.25) is 0 Å². The van der Waals surface area contributed by atoms with E-state index in [0.29, 0.717) is 48.4 Å². The Morgan fingerprint density at radius 2 is 2.09 bits per heavy atom. The number of nitrogens with one attached hydrogen (secondary N) is 1. The highest BCUT2D eigenvalue weighted by molar-refractivity contribution is 5.94. The maximum Gasteiger partial charge on any atom is 0.262 e. The molecule has 166 valence electrons. The topological polar surface area (TPSA) is 129 Å². The Kier molecular flexibility index (Phi) is 6.52. The quantitative estimate of drug-likeness (QED) is 0.544. The van der Waals surface area contributed by atoms with Crippen LogP contribution in [0.1, 0.15) is 23.7 Å². The lowest BCUT2D eigenvalue weighted by Gasteiger charge is -2.26. The van der Waals surface area contributed by atoms with Gasteiger partial charge in [0.25, 0.3) is 11.8 Å². The Hall–Kier alpha value is -3.63. The highest BCUT2D eigenvalue weighted by Gasteiger charge is 2.36. The van der Waals surface area contributed by atoms with Crippen LogP contribution < -0.4 is 14.8 Å². The van der Waals surface area contributed by atoms with E-state index < -0.39 is 5.54 Å². The second kappa shape index (κ2) is 9.67. The molecule has 0 radical (unpaired) electrons. The van der Waals surface area contributed by atoms with Crippen LogP contribution in [0, 0.1) is 0 Å². The Balaban J connectivity index is 1.48. The number of carbonyl (C=O) groups excluding carboxylic acids is 1. The van der Waals surface area contributed by atoms with E-state index in [4.69, 9.17) is 14.2 Å². The zero-order valence-electron chi connectivity index (χ0n) is 17.5. The standard InChI is InChI=1S/C22H23N5O5/c1-2-31-18-4-3-6-24-21(18)32-17-8-15(9-23-12-17)19-25-10-16(11-26-19)20(29)27-22(13-28)5-7-30-14-22/h3-4,6,8-12,28H,2,5,7,13-14H2,1H3,(H,27,29)/t22-/m0/s1. The second-order valence-electron chi connectivity index (χ2n) is 7.24. The van der Waals surface area contributed by atoms with Crippen LogP contribution in [0.15, 0.2) is 49.2 Å². The predicted octanol–water partition coefficient (Wildman–Crippen LogP) is 2.01. The lowest BCUT2D eigenvalue weighted by atomic mass is 9.99. The molecule has 10 heteroatoms. The summed E-state index contributed by atoms with van der Waals surface area (Å²) in [7, 11) is 0. The van der Waals surface area contributed by atoms with Crippen molar-refractivity contribution in [1.82, 2.24) is 25.3 Å². The molecular formula is C22H23N5O5. The van der Waals surface area contributed by atoms with Crippen LogP contribution in [-0.4, -0.2) is 62.9 Å². The maximum absolute atomic E-state index is 12.5. The van der Waals surface area contributed by atoms with Gasteiger partial charge >= 0.3 is 0 Å². The van der Waals surface area contributed by atoms with Crippen LogP contribution in [-0.2, 0) is 4.74 Å². The molecule has 3 aromatic heterocycles. The summed E-state index contributed by atoms with van der Waals surface area (Å²) in [5.41, 5.74) is 0.125. The predicted molar refractivity (Wildman–Crippen MR) is 113 cm³/mol. The fraction of sp³-hybridized carbons (Fsp3) is 0.318. The van der Waals surface area contributed by atoms with Gasteiger partial charge in [-0.2, -0.15) is 0 Å². The fourth-order valence-electron chi connectivity index (χ4n) is 3.20. The molecule has 1 aliphatic rings. The number of nitrogens with zero attached hydrogens (tertiary/aromatic N) is 4. The van der Waals surface area contributed by atoms with E-state index in [9.17, 15) is 9.90 Å². The summed E-state index contributed by atoms with van der Waals surface area (Å²) < 4.78 is 16.7. The number of hydrogen-bond donors (Lipinski definition) is 2. The molecule has 0 spiro atoms. The minimum atomic E-state index is -0.767. The number of aliphatic hydroxyl groups is 1. The second-order valence-corrected chi connectivity index (χ2v) is 7.24. The average Bonchev–Trinajstić information content (AvgIpc) is 3.30. The van der Waals surface area contributed by atoms with E-state index in [1.165, 1.54) is 12.4 Å². The Bertz CT molecular complexity index is 1070. The lowest BCUT2D eigenvalue weighted by molar-refractivity contribution is 0.0789. The first-order valence-electron chi connectivity index (χ1n) is 10.2. The van der Waals surface area contributed by atoms with Gasteiger partial charge in [-0.1, -0.05) is 0 Å². The Morgan fingerprint density at radius 1 is 1.25 bits per heavy atom. The first-order valence-corrected chi connectivity index (χ1v) is 10.2. The normalized spacial score (nSPS) is 17.7. The third-order valence-corrected chi connectivity index (χ3v) is 4.92. The minimum absolute atomic E-state index is 0.197. The first-order chi connectivity index (χ1) is 15.6. The van der Waals surface area contributed by atoms with Crippen molar-refractivity contribution in [1.29, 1.82) is 0 Å². The van der Waals surface area contributed by atoms with E-state index in [2.05, 4.69) is 25.3 Å². The summed E-state index contributed by atoms with van der Waals surface area (Å²) in [4.78, 5) is 29.5. The molecule has 4 rings (SSSR count). The van der Waals surface area contributed by atoms with E-state index in [-0.39, 0.29) is 24.7 Å². The zero-order valence-corrected chi connectivity index (χ0v) is 17.5. The number of aliphatic hydroxyl groups excluding tert-OH is 1. The van der Waals surface area contributed by atoms with Gasteiger partial charge in [-0.15, -0.1) is 0 Å². The number of amides is 1. The Labute approximate surface area is 184 Å². The Morgan fingerprint density at radius 3 is 2.81 bits per heavy atom. The molecule has 2 N–H and O–H groups in total. The van der Waals surface area contributed by atoms with Crippen molar-refractivity contribution < 1.29 is 24.1 Å². The molecule has 0 unspecified atom stereocenters. The van der Waals surface area contributed by atoms with E-state index >= 15 is 0 Å². The van der Waals surface area contributed by atoms with Crippen LogP contribution in [0.25, 0.3) is 11.4 Å². The van der Waals surface area contributed by atoms with Gasteiger partial charge in [0, 0.05) is 37.0 Å². The smallest absolute Gasteiger partial charge is 0.262 e. The number of pyridine rings is 2. The van der Waals surface area contributed by atoms with Crippen molar-refractivity contribution in [2.24, 2.45) is 0 Å². The monoisotopic (exact) mass is 437 g/mol. The third kappa shape index (κ3) is 4.82. The summed E-state index contributed by atoms with van der Waals surface area (Å²) in [5, 5.41) is 12.5. The molecular weight excluding hydrogens is 414 g/mol. The van der Waals surface area contributed by atoms with Crippen molar-refractivity contribution in [3.63, 3.8) is 0 Å². The third-order valence-electron chi connectivity index (χ3n) is 4.92. The average molecular weight is 437 g/mol. The van der Waals surface area contributed by atoms with Gasteiger partial charge in [-0.3, -0.25) is 9.78 Å². The van der Waals surface area contributed by atoms with Crippen LogP contribution >= 0.6 is 0 Å². The van der Waals surface area contributed by atoms with Gasteiger partial charge in [0.1, 0.15) is 5.75 Å². The molecule has 4 heterocycles. The van der Waals surface area contributed by atoms with Gasteiger partial charge in [-0.25, -0.2) is 15.0 Å². The van der Waals surface area contributed by atoms with Crippen molar-refractivity contribution in [2.45, 2.75) is 18.9 Å². The van der Waals surface area contributed by atoms with Crippen molar-refractivity contribution in [2.75, 3.05) is 26.4 Å². The molecule has 32 heavy (non-hydrogen) atoms. The van der Waals surface area contributed by atoms with Gasteiger partial charge in [0.05, 0.1) is 37.1 Å². The fourth-order valence-corrected chi connectivity index (χ4v) is 3.20. The van der Waals surface area contributed by atoms with E-state index in [0.717, 1.165) is 0 Å². The van der Waals surface area contributed by atoms with Crippen LogP contribution in [0.3, 0.4) is 0 Å². The summed E-state index contributed by atoms with van der Waals surface area (Å²) in [6.45, 7) is 2.93. The molecule has 0 saturated carbocycles. The van der Waals surface area contributed by atoms with Crippen molar-refractivity contribution in [3.8, 4) is 28.8 Å². The first kappa shape index (κ1) is 21.6. The van der Waals surface area contributed by atoms with Gasteiger partial charge in [-0.05, 0) is 31.5 Å². The summed E-state index contributed by atoms with van der Waals surface area (Å²) in [6.07, 6.45) is 8.17. The molecule has 0 bridgehead atoms. The molecule has 1 saturated heterocycles. The molecule has 0 aliphatic carbocycles. The van der Waals surface area contributed by atoms with E-state index in [1.54, 1.807) is 36.8 Å². The molecule has 1 fully saturated rings. The molecule has 1 aliphatic heterocycles. The summed E-state index contributed by atoms with van der Waals surface area (Å²) in [6, 6.07) is 5.26. The number of ether oxygens (including phenoxy) is 3. The molecule has 1 amide bonds. The highest BCUT2D eigenvalue weighted by atomic mass is 16.5. The molecule has 3 aromatic rings. The number of aromatic nitrogens is 4. The van der Waals surface area contributed by atoms with Crippen molar-refractivity contribution in [3.05, 3.63) is 54.7 Å². The molecule has 1 atom stereocenters. The van der Waals surface area contributed by atoms with Crippen LogP contribution in [0.4, 0.5) is 0 Å². The van der Waals surface area contributed by atoms with Crippen LogP contribution in [0.5, 0.6) is 17.4 Å². The largest absolute Gasteiger partial charge is 0.488 e. The van der Waals surface area contributed by atoms with Gasteiger partial charge in [0.15, 0.2) is 11.6 Å². The summed E-state index contributed by atoms with van der Waals surface area (Å²) in [5.74, 6) is 1.31.